The van der Waals surface area contributed by atoms with Crippen LogP contribution in [0, 0.1) is 10.1 Å². The van der Waals surface area contributed by atoms with E-state index in [1.54, 1.807) is 6.08 Å². The third kappa shape index (κ3) is 3.18. The Labute approximate surface area is 91.3 Å². The summed E-state index contributed by atoms with van der Waals surface area (Å²) >= 11 is 5.68. The lowest BCUT2D eigenvalue weighted by Crippen LogP contribution is -1.89. The molecule has 0 aliphatic rings. The highest BCUT2D eigenvalue weighted by Gasteiger charge is 2.10. The zero-order valence-electron chi connectivity index (χ0n) is 7.94. The van der Waals surface area contributed by atoms with E-state index in [-0.39, 0.29) is 16.5 Å². The summed E-state index contributed by atoms with van der Waals surface area (Å²) in [5.41, 5.74) is 0.512. The number of rotatable bonds is 3. The number of carbonyl (C=O) groups is 1. The van der Waals surface area contributed by atoms with E-state index in [2.05, 4.69) is 0 Å². The quantitative estimate of drug-likeness (QED) is 0.451. The molecule has 0 aromatic heterocycles. The van der Waals surface area contributed by atoms with Crippen molar-refractivity contribution in [1.82, 2.24) is 0 Å². The third-order valence-electron chi connectivity index (χ3n) is 1.68. The molecule has 0 N–H and O–H groups in total. The van der Waals surface area contributed by atoms with E-state index in [4.69, 9.17) is 11.6 Å². The van der Waals surface area contributed by atoms with E-state index < -0.39 is 4.92 Å². The Morgan fingerprint density at radius 2 is 2.20 bits per heavy atom. The third-order valence-corrected chi connectivity index (χ3v) is 1.98. The summed E-state index contributed by atoms with van der Waals surface area (Å²) in [5.74, 6) is -0.0931. The first-order chi connectivity index (χ1) is 7.00. The van der Waals surface area contributed by atoms with Crippen LogP contribution in [0.2, 0.25) is 5.02 Å². The summed E-state index contributed by atoms with van der Waals surface area (Å²) in [6.07, 6.45) is 2.93. The highest BCUT2D eigenvalue weighted by Crippen LogP contribution is 2.25. The van der Waals surface area contributed by atoms with E-state index in [0.29, 0.717) is 5.56 Å². The number of ketones is 1. The van der Waals surface area contributed by atoms with E-state index in [1.165, 1.54) is 31.2 Å². The molecule has 1 rings (SSSR count). The molecule has 0 aliphatic carbocycles. The molecule has 5 heteroatoms. The Morgan fingerprint density at radius 3 is 2.67 bits per heavy atom. The fraction of sp³-hybridized carbons (Fsp3) is 0.100. The molecule has 4 nitrogen and oxygen atoms in total. The van der Waals surface area contributed by atoms with Crippen LogP contribution in [0.4, 0.5) is 5.69 Å². The van der Waals surface area contributed by atoms with Gasteiger partial charge in [-0.2, -0.15) is 0 Å². The van der Waals surface area contributed by atoms with Gasteiger partial charge in [-0.05, 0) is 30.7 Å². The van der Waals surface area contributed by atoms with E-state index in [1.807, 2.05) is 0 Å². The van der Waals surface area contributed by atoms with E-state index in [9.17, 15) is 14.9 Å². The summed E-state index contributed by atoms with van der Waals surface area (Å²) in [6.45, 7) is 1.42. The molecule has 0 spiro atoms. The van der Waals surface area contributed by atoms with Gasteiger partial charge in [-0.15, -0.1) is 0 Å². The number of hydrogen-bond donors (Lipinski definition) is 0. The first-order valence-electron chi connectivity index (χ1n) is 4.13. The van der Waals surface area contributed by atoms with Crippen LogP contribution in [0.1, 0.15) is 12.5 Å². The van der Waals surface area contributed by atoms with Gasteiger partial charge in [0.15, 0.2) is 5.78 Å². The molecule has 78 valence electrons. The predicted molar refractivity (Wildman–Crippen MR) is 57.8 cm³/mol. The second-order valence-corrected chi connectivity index (χ2v) is 3.32. The molecule has 0 amide bonds. The van der Waals surface area contributed by atoms with Crippen molar-refractivity contribution in [3.05, 3.63) is 45.0 Å². The molecule has 1 aromatic carbocycles. The van der Waals surface area contributed by atoms with Gasteiger partial charge >= 0.3 is 0 Å². The monoisotopic (exact) mass is 225 g/mol. The van der Waals surface area contributed by atoms with Crippen molar-refractivity contribution in [3.8, 4) is 0 Å². The van der Waals surface area contributed by atoms with Gasteiger partial charge in [-0.3, -0.25) is 14.9 Å². The second kappa shape index (κ2) is 4.70. The minimum Gasteiger partial charge on any atom is -0.295 e. The predicted octanol–water partition coefficient (Wildman–Crippen LogP) is 2.85. The summed E-state index contributed by atoms with van der Waals surface area (Å²) in [5, 5.41) is 10.5. The lowest BCUT2D eigenvalue weighted by Gasteiger charge is -1.96. The maximum Gasteiger partial charge on any atom is 0.287 e. The van der Waals surface area contributed by atoms with Gasteiger partial charge in [0.05, 0.1) is 4.92 Å². The van der Waals surface area contributed by atoms with Gasteiger partial charge in [-0.1, -0.05) is 17.7 Å². The van der Waals surface area contributed by atoms with Crippen molar-refractivity contribution in [2.75, 3.05) is 0 Å². The zero-order valence-corrected chi connectivity index (χ0v) is 8.69. The van der Waals surface area contributed by atoms with Crippen molar-refractivity contribution >= 4 is 29.1 Å². The Morgan fingerprint density at radius 1 is 1.53 bits per heavy atom. The number of benzene rings is 1. The minimum absolute atomic E-state index is 0.0608. The molecule has 15 heavy (non-hydrogen) atoms. The standard InChI is InChI=1S/C10H8ClNO3/c1-7(13)2-3-8-4-5-10(12(14)15)9(11)6-8/h2-6H,1H3/b3-2+. The molecular formula is C10H8ClNO3. The average Bonchev–Trinajstić information content (AvgIpc) is 2.14. The van der Waals surface area contributed by atoms with Gasteiger partial charge in [0.1, 0.15) is 5.02 Å². The number of allylic oxidation sites excluding steroid dienone is 1. The van der Waals surface area contributed by atoms with Gasteiger partial charge in [-0.25, -0.2) is 0 Å². The summed E-state index contributed by atoms with van der Waals surface area (Å²) in [6, 6.07) is 4.28. The average molecular weight is 226 g/mol. The van der Waals surface area contributed by atoms with E-state index in [0.717, 1.165) is 0 Å². The summed E-state index contributed by atoms with van der Waals surface area (Å²) < 4.78 is 0. The molecule has 0 saturated heterocycles. The van der Waals surface area contributed by atoms with Crippen LogP contribution in [-0.4, -0.2) is 10.7 Å². The number of carbonyl (C=O) groups excluding carboxylic acids is 1. The van der Waals surface area contributed by atoms with E-state index >= 15 is 0 Å². The Hall–Kier alpha value is -1.68. The Bertz CT molecular complexity index is 440. The molecule has 1 aromatic rings. The fourth-order valence-electron chi connectivity index (χ4n) is 0.988. The molecule has 0 bridgehead atoms. The maximum absolute atomic E-state index is 10.6. The Kier molecular flexibility index (Phi) is 3.57. The Balaban J connectivity index is 3.01. The lowest BCUT2D eigenvalue weighted by molar-refractivity contribution is -0.384. The van der Waals surface area contributed by atoms with Crippen molar-refractivity contribution in [2.24, 2.45) is 0 Å². The van der Waals surface area contributed by atoms with Crippen LogP contribution in [0.25, 0.3) is 6.08 Å². The molecule has 0 fully saturated rings. The topological polar surface area (TPSA) is 60.2 Å². The van der Waals surface area contributed by atoms with Crippen LogP contribution >= 0.6 is 11.6 Å². The zero-order chi connectivity index (χ0) is 11.4. The lowest BCUT2D eigenvalue weighted by atomic mass is 10.2. The highest BCUT2D eigenvalue weighted by atomic mass is 35.5. The first-order valence-corrected chi connectivity index (χ1v) is 4.51. The minimum atomic E-state index is -0.555. The van der Waals surface area contributed by atoms with Gasteiger partial charge in [0.2, 0.25) is 0 Å². The van der Waals surface area contributed by atoms with Crippen molar-refractivity contribution in [1.29, 1.82) is 0 Å². The SMILES string of the molecule is CC(=O)/C=C/c1ccc([N+](=O)[O-])c(Cl)c1. The number of halogens is 1. The molecule has 0 unspecified atom stereocenters. The van der Waals surface area contributed by atoms with Crippen molar-refractivity contribution in [3.63, 3.8) is 0 Å². The van der Waals surface area contributed by atoms with Gasteiger partial charge in [0, 0.05) is 6.07 Å². The number of hydrogen-bond acceptors (Lipinski definition) is 3. The van der Waals surface area contributed by atoms with Crippen LogP contribution in [0.3, 0.4) is 0 Å². The highest BCUT2D eigenvalue weighted by molar-refractivity contribution is 6.32. The molecule has 0 aliphatic heterocycles. The largest absolute Gasteiger partial charge is 0.295 e. The molecule has 0 saturated carbocycles. The van der Waals surface area contributed by atoms with Crippen LogP contribution in [-0.2, 0) is 4.79 Å². The molecule has 0 atom stereocenters. The maximum atomic E-state index is 10.6. The summed E-state index contributed by atoms with van der Waals surface area (Å²) in [4.78, 5) is 20.5. The summed E-state index contributed by atoms with van der Waals surface area (Å²) in [7, 11) is 0. The van der Waals surface area contributed by atoms with Crippen LogP contribution in [0.5, 0.6) is 0 Å². The molecule has 0 heterocycles. The van der Waals surface area contributed by atoms with Crippen molar-refractivity contribution < 1.29 is 9.72 Å². The van der Waals surface area contributed by atoms with Crippen molar-refractivity contribution in [2.45, 2.75) is 6.92 Å². The van der Waals surface area contributed by atoms with Gasteiger partial charge in [0.25, 0.3) is 5.69 Å². The smallest absolute Gasteiger partial charge is 0.287 e. The number of nitro groups is 1. The second-order valence-electron chi connectivity index (χ2n) is 2.91. The fourth-order valence-corrected chi connectivity index (χ4v) is 1.25. The van der Waals surface area contributed by atoms with Gasteiger partial charge < -0.3 is 0 Å². The van der Waals surface area contributed by atoms with Crippen LogP contribution < -0.4 is 0 Å². The molecular weight excluding hydrogens is 218 g/mol. The number of nitrogens with zero attached hydrogens (tertiary/aromatic N) is 1. The first kappa shape index (κ1) is 11.4. The normalized spacial score (nSPS) is 10.5. The van der Waals surface area contributed by atoms with Crippen LogP contribution in [0.15, 0.2) is 24.3 Å². The molecule has 0 radical (unpaired) electrons. The number of nitro benzene ring substituents is 1.